The number of aliphatic hydroxyl groups excluding tert-OH is 1. The van der Waals surface area contributed by atoms with Crippen molar-refractivity contribution in [1.29, 1.82) is 0 Å². The number of carbonyl (C=O) groups is 1. The van der Waals surface area contributed by atoms with Crippen LogP contribution in [-0.4, -0.2) is 28.8 Å². The Morgan fingerprint density at radius 3 is 2.89 bits per heavy atom. The lowest BCUT2D eigenvalue weighted by Gasteiger charge is -2.25. The number of carbonyl (C=O) groups excluding carboxylic acids is 1. The molecule has 2 unspecified atom stereocenters. The Kier molecular flexibility index (Phi) is 4.43. The minimum absolute atomic E-state index is 0.122. The van der Waals surface area contributed by atoms with E-state index in [1.54, 1.807) is 19.1 Å². The van der Waals surface area contributed by atoms with E-state index in [0.29, 0.717) is 23.6 Å². The Labute approximate surface area is 113 Å². The maximum Gasteiger partial charge on any atom is 0.251 e. The first kappa shape index (κ1) is 13.9. The summed E-state index contributed by atoms with van der Waals surface area (Å²) in [6.07, 6.45) is 3.52. The topological polar surface area (TPSA) is 69.6 Å². The van der Waals surface area contributed by atoms with Gasteiger partial charge in [-0.2, -0.15) is 0 Å². The van der Waals surface area contributed by atoms with E-state index >= 15 is 0 Å². The molecule has 1 fully saturated rings. The molecule has 1 aromatic rings. The van der Waals surface area contributed by atoms with E-state index in [4.69, 9.17) is 0 Å². The fraction of sp³-hybridized carbons (Fsp3) is 0.533. The van der Waals surface area contributed by atoms with Crippen molar-refractivity contribution in [3.63, 3.8) is 0 Å². The molecule has 104 valence electrons. The van der Waals surface area contributed by atoms with Crippen LogP contribution < -0.4 is 5.32 Å². The number of aliphatic hydroxyl groups is 1. The molecule has 0 radical (unpaired) electrons. The van der Waals surface area contributed by atoms with E-state index in [2.05, 4.69) is 5.32 Å². The van der Waals surface area contributed by atoms with Gasteiger partial charge in [-0.05, 0) is 55.9 Å². The number of rotatable bonds is 3. The predicted octanol–water partition coefficient (Wildman–Crippen LogP) is 1.98. The largest absolute Gasteiger partial charge is 0.508 e. The van der Waals surface area contributed by atoms with Crippen molar-refractivity contribution in [2.24, 2.45) is 5.92 Å². The van der Waals surface area contributed by atoms with Crippen LogP contribution in [0, 0.1) is 12.8 Å². The first-order chi connectivity index (χ1) is 9.06. The fourth-order valence-corrected chi connectivity index (χ4v) is 2.58. The molecule has 0 heterocycles. The Morgan fingerprint density at radius 1 is 1.42 bits per heavy atom. The predicted molar refractivity (Wildman–Crippen MR) is 73.1 cm³/mol. The summed E-state index contributed by atoms with van der Waals surface area (Å²) in [5, 5.41) is 21.9. The maximum atomic E-state index is 12.0. The average Bonchev–Trinajstić information content (AvgIpc) is 2.39. The summed E-state index contributed by atoms with van der Waals surface area (Å²) < 4.78 is 0. The van der Waals surface area contributed by atoms with Crippen LogP contribution in [0.2, 0.25) is 0 Å². The number of phenols is 1. The molecule has 4 nitrogen and oxygen atoms in total. The van der Waals surface area contributed by atoms with E-state index in [-0.39, 0.29) is 17.8 Å². The highest BCUT2D eigenvalue weighted by atomic mass is 16.3. The van der Waals surface area contributed by atoms with Crippen molar-refractivity contribution >= 4 is 5.91 Å². The zero-order chi connectivity index (χ0) is 13.8. The van der Waals surface area contributed by atoms with Gasteiger partial charge in [-0.15, -0.1) is 0 Å². The van der Waals surface area contributed by atoms with Crippen LogP contribution in [0.5, 0.6) is 5.75 Å². The second-order valence-corrected chi connectivity index (χ2v) is 5.40. The molecule has 2 atom stereocenters. The van der Waals surface area contributed by atoms with Crippen LogP contribution in [-0.2, 0) is 0 Å². The smallest absolute Gasteiger partial charge is 0.251 e. The minimum Gasteiger partial charge on any atom is -0.508 e. The highest BCUT2D eigenvalue weighted by Gasteiger charge is 2.20. The van der Waals surface area contributed by atoms with Gasteiger partial charge in [0.25, 0.3) is 5.91 Å². The first-order valence-electron chi connectivity index (χ1n) is 6.82. The molecule has 0 spiro atoms. The maximum absolute atomic E-state index is 12.0. The Balaban J connectivity index is 1.88. The number of hydrogen-bond acceptors (Lipinski definition) is 3. The van der Waals surface area contributed by atoms with Gasteiger partial charge >= 0.3 is 0 Å². The van der Waals surface area contributed by atoms with Gasteiger partial charge < -0.3 is 15.5 Å². The third kappa shape index (κ3) is 3.70. The summed E-state index contributed by atoms with van der Waals surface area (Å²) in [7, 11) is 0. The van der Waals surface area contributed by atoms with Crippen LogP contribution >= 0.6 is 0 Å². The zero-order valence-electron chi connectivity index (χ0n) is 11.2. The molecule has 0 aromatic heterocycles. The van der Waals surface area contributed by atoms with Gasteiger partial charge in [-0.1, -0.05) is 6.42 Å². The van der Waals surface area contributed by atoms with Crippen LogP contribution in [0.3, 0.4) is 0 Å². The van der Waals surface area contributed by atoms with Gasteiger partial charge in [0.2, 0.25) is 0 Å². The quantitative estimate of drug-likeness (QED) is 0.781. The average molecular weight is 263 g/mol. The molecule has 2 rings (SSSR count). The summed E-state index contributed by atoms with van der Waals surface area (Å²) in [6, 6.07) is 4.84. The third-order valence-corrected chi connectivity index (χ3v) is 3.77. The van der Waals surface area contributed by atoms with Crippen LogP contribution in [0.4, 0.5) is 0 Å². The molecule has 1 aliphatic carbocycles. The fourth-order valence-electron chi connectivity index (χ4n) is 2.58. The summed E-state index contributed by atoms with van der Waals surface area (Å²) in [4.78, 5) is 12.0. The molecule has 19 heavy (non-hydrogen) atoms. The van der Waals surface area contributed by atoms with Crippen molar-refractivity contribution < 1.29 is 15.0 Å². The van der Waals surface area contributed by atoms with Gasteiger partial charge in [0.05, 0.1) is 6.10 Å². The number of phenolic OH excluding ortho intramolecular Hbond substituents is 1. The lowest BCUT2D eigenvalue weighted by molar-refractivity contribution is 0.0873. The van der Waals surface area contributed by atoms with Gasteiger partial charge in [0.15, 0.2) is 0 Å². The molecule has 4 heteroatoms. The number of aryl methyl sites for hydroxylation is 1. The molecule has 1 aliphatic rings. The first-order valence-corrected chi connectivity index (χ1v) is 6.82. The third-order valence-electron chi connectivity index (χ3n) is 3.77. The van der Waals surface area contributed by atoms with Crippen LogP contribution in [0.25, 0.3) is 0 Å². The normalized spacial score (nSPS) is 23.1. The number of nitrogens with one attached hydrogen (secondary N) is 1. The van der Waals surface area contributed by atoms with Crippen molar-refractivity contribution in [3.8, 4) is 5.75 Å². The monoisotopic (exact) mass is 263 g/mol. The number of amides is 1. The van der Waals surface area contributed by atoms with Gasteiger partial charge in [0, 0.05) is 12.1 Å². The van der Waals surface area contributed by atoms with E-state index in [1.165, 1.54) is 6.07 Å². The molecule has 3 N–H and O–H groups in total. The van der Waals surface area contributed by atoms with E-state index in [9.17, 15) is 15.0 Å². The van der Waals surface area contributed by atoms with Crippen molar-refractivity contribution in [1.82, 2.24) is 5.32 Å². The Morgan fingerprint density at radius 2 is 2.21 bits per heavy atom. The highest BCUT2D eigenvalue weighted by molar-refractivity contribution is 5.94. The second-order valence-electron chi connectivity index (χ2n) is 5.40. The standard InChI is InChI=1S/C15H21NO3/c1-10-7-12(5-6-14(10)18)15(19)16-9-11-3-2-4-13(17)8-11/h5-7,11,13,17-18H,2-4,8-9H2,1H3,(H,16,19). The van der Waals surface area contributed by atoms with Crippen molar-refractivity contribution in [3.05, 3.63) is 29.3 Å². The molecule has 0 bridgehead atoms. The van der Waals surface area contributed by atoms with E-state index < -0.39 is 0 Å². The van der Waals surface area contributed by atoms with Crippen molar-refractivity contribution in [2.45, 2.75) is 38.7 Å². The second kappa shape index (κ2) is 6.06. The molecule has 0 saturated heterocycles. The summed E-state index contributed by atoms with van der Waals surface area (Å²) in [5.41, 5.74) is 1.26. The highest BCUT2D eigenvalue weighted by Crippen LogP contribution is 2.23. The summed E-state index contributed by atoms with van der Waals surface area (Å²) >= 11 is 0. The van der Waals surface area contributed by atoms with Crippen LogP contribution in [0.1, 0.15) is 41.6 Å². The molecule has 1 amide bonds. The van der Waals surface area contributed by atoms with E-state index in [0.717, 1.165) is 25.7 Å². The van der Waals surface area contributed by atoms with Gasteiger partial charge in [-0.3, -0.25) is 4.79 Å². The molecule has 1 saturated carbocycles. The molecular formula is C15H21NO3. The van der Waals surface area contributed by atoms with Crippen molar-refractivity contribution in [2.75, 3.05) is 6.54 Å². The summed E-state index contributed by atoms with van der Waals surface area (Å²) in [5.74, 6) is 0.445. The Bertz CT molecular complexity index is 459. The SMILES string of the molecule is Cc1cc(C(=O)NCC2CCCC(O)C2)ccc1O. The lowest BCUT2D eigenvalue weighted by atomic mass is 9.87. The number of benzene rings is 1. The van der Waals surface area contributed by atoms with Crippen LogP contribution in [0.15, 0.2) is 18.2 Å². The van der Waals surface area contributed by atoms with Gasteiger partial charge in [-0.25, -0.2) is 0 Å². The Hall–Kier alpha value is -1.55. The number of hydrogen-bond donors (Lipinski definition) is 3. The molecular weight excluding hydrogens is 242 g/mol. The van der Waals surface area contributed by atoms with E-state index in [1.807, 2.05) is 0 Å². The minimum atomic E-state index is -0.216. The van der Waals surface area contributed by atoms with Gasteiger partial charge in [0.1, 0.15) is 5.75 Å². The zero-order valence-corrected chi connectivity index (χ0v) is 11.2. The summed E-state index contributed by atoms with van der Waals surface area (Å²) in [6.45, 7) is 2.37. The molecule has 0 aliphatic heterocycles. The molecule has 1 aromatic carbocycles. The number of aromatic hydroxyl groups is 1. The lowest BCUT2D eigenvalue weighted by Crippen LogP contribution is -2.32.